The molecule has 1 amide bonds. The van der Waals surface area contributed by atoms with Crippen LogP contribution in [0.25, 0.3) is 0 Å². The third-order valence-electron chi connectivity index (χ3n) is 2.68. The molecule has 0 aliphatic heterocycles. The number of aromatic nitrogens is 2. The minimum atomic E-state index is -0.387. The maximum absolute atomic E-state index is 12.2. The molecule has 1 aromatic heterocycles. The van der Waals surface area contributed by atoms with E-state index in [1.54, 1.807) is 6.92 Å². The van der Waals surface area contributed by atoms with Crippen LogP contribution in [-0.4, -0.2) is 22.0 Å². The number of nitrogens with one attached hydrogen (secondary N) is 1. The predicted molar refractivity (Wildman–Crippen MR) is 72.0 cm³/mol. The van der Waals surface area contributed by atoms with Gasteiger partial charge in [-0.05, 0) is 12.5 Å². The van der Waals surface area contributed by atoms with Gasteiger partial charge in [0.15, 0.2) is 0 Å². The molecule has 0 spiro atoms. The maximum atomic E-state index is 12.2. The van der Waals surface area contributed by atoms with Gasteiger partial charge in [0.2, 0.25) is 0 Å². The zero-order chi connectivity index (χ0) is 13.7. The first kappa shape index (κ1) is 13.0. The highest BCUT2D eigenvalue weighted by molar-refractivity contribution is 5.93. The summed E-state index contributed by atoms with van der Waals surface area (Å²) in [5, 5.41) is 2.60. The second-order valence-corrected chi connectivity index (χ2v) is 4.09. The molecule has 0 bridgehead atoms. The number of carbonyl (C=O) groups is 1. The van der Waals surface area contributed by atoms with Crippen molar-refractivity contribution in [2.75, 3.05) is 6.54 Å². The standard InChI is InChI=1S/C14H15N3O2/c1-2-16-13(18)12-8-15-10-17(14(12)19)9-11-6-4-3-5-7-11/h3-8,10H,2,9H2,1H3,(H,16,18). The second kappa shape index (κ2) is 5.95. The Bertz CT molecular complexity index is 620. The quantitative estimate of drug-likeness (QED) is 0.890. The molecule has 2 aromatic rings. The Kier molecular flexibility index (Phi) is 4.07. The van der Waals surface area contributed by atoms with Crippen LogP contribution >= 0.6 is 0 Å². The highest BCUT2D eigenvalue weighted by Crippen LogP contribution is 2.00. The average molecular weight is 257 g/mol. The molecule has 0 atom stereocenters. The van der Waals surface area contributed by atoms with E-state index in [0.717, 1.165) is 5.56 Å². The zero-order valence-corrected chi connectivity index (χ0v) is 10.7. The summed E-state index contributed by atoms with van der Waals surface area (Å²) in [6.07, 6.45) is 2.74. The maximum Gasteiger partial charge on any atom is 0.266 e. The van der Waals surface area contributed by atoms with Crippen molar-refractivity contribution < 1.29 is 4.79 Å². The molecular weight excluding hydrogens is 242 g/mol. The van der Waals surface area contributed by atoms with Gasteiger partial charge >= 0.3 is 0 Å². The molecule has 0 unspecified atom stereocenters. The van der Waals surface area contributed by atoms with Gasteiger partial charge in [0, 0.05) is 12.7 Å². The fraction of sp³-hybridized carbons (Fsp3) is 0.214. The van der Waals surface area contributed by atoms with Crippen molar-refractivity contribution in [3.8, 4) is 0 Å². The van der Waals surface area contributed by atoms with Crippen molar-refractivity contribution in [1.29, 1.82) is 0 Å². The molecule has 1 aromatic carbocycles. The molecule has 0 radical (unpaired) electrons. The topological polar surface area (TPSA) is 64.0 Å². The molecule has 0 aliphatic carbocycles. The van der Waals surface area contributed by atoms with E-state index in [9.17, 15) is 9.59 Å². The molecule has 5 heteroatoms. The van der Waals surface area contributed by atoms with Gasteiger partial charge in [0.1, 0.15) is 5.56 Å². The summed E-state index contributed by atoms with van der Waals surface area (Å²) in [7, 11) is 0. The zero-order valence-electron chi connectivity index (χ0n) is 10.7. The first-order valence-electron chi connectivity index (χ1n) is 6.09. The van der Waals surface area contributed by atoms with Gasteiger partial charge in [0.25, 0.3) is 11.5 Å². The van der Waals surface area contributed by atoms with E-state index >= 15 is 0 Å². The van der Waals surface area contributed by atoms with Crippen molar-refractivity contribution in [3.05, 3.63) is 64.3 Å². The molecule has 1 N–H and O–H groups in total. The van der Waals surface area contributed by atoms with Crippen molar-refractivity contribution in [3.63, 3.8) is 0 Å². The van der Waals surface area contributed by atoms with Crippen LogP contribution < -0.4 is 10.9 Å². The monoisotopic (exact) mass is 257 g/mol. The fourth-order valence-corrected chi connectivity index (χ4v) is 1.75. The van der Waals surface area contributed by atoms with Crippen LogP contribution in [0, 0.1) is 0 Å². The number of carbonyl (C=O) groups excluding carboxylic acids is 1. The fourth-order valence-electron chi connectivity index (χ4n) is 1.75. The van der Waals surface area contributed by atoms with Crippen LogP contribution in [0.4, 0.5) is 0 Å². The Labute approximate surface area is 110 Å². The van der Waals surface area contributed by atoms with Gasteiger partial charge in [-0.3, -0.25) is 14.2 Å². The minimum absolute atomic E-state index is 0.0697. The van der Waals surface area contributed by atoms with E-state index in [0.29, 0.717) is 13.1 Å². The lowest BCUT2D eigenvalue weighted by Gasteiger charge is -2.07. The average Bonchev–Trinajstić information content (AvgIpc) is 2.42. The number of nitrogens with zero attached hydrogens (tertiary/aromatic N) is 2. The summed E-state index contributed by atoms with van der Waals surface area (Å²) in [4.78, 5) is 27.8. The van der Waals surface area contributed by atoms with E-state index < -0.39 is 0 Å². The third-order valence-corrected chi connectivity index (χ3v) is 2.68. The van der Waals surface area contributed by atoms with Crippen molar-refractivity contribution in [2.45, 2.75) is 13.5 Å². The van der Waals surface area contributed by atoms with E-state index in [1.807, 2.05) is 30.3 Å². The number of amides is 1. The largest absolute Gasteiger partial charge is 0.352 e. The van der Waals surface area contributed by atoms with Crippen molar-refractivity contribution >= 4 is 5.91 Å². The van der Waals surface area contributed by atoms with Gasteiger partial charge in [-0.25, -0.2) is 4.98 Å². The lowest BCUT2D eigenvalue weighted by molar-refractivity contribution is 0.0953. The Hall–Kier alpha value is -2.43. The Balaban J connectivity index is 2.30. The van der Waals surface area contributed by atoms with Crippen molar-refractivity contribution in [2.24, 2.45) is 0 Å². The van der Waals surface area contributed by atoms with Crippen LogP contribution in [-0.2, 0) is 6.54 Å². The first-order valence-corrected chi connectivity index (χ1v) is 6.09. The Morgan fingerprint density at radius 2 is 2.05 bits per heavy atom. The molecule has 0 fully saturated rings. The van der Waals surface area contributed by atoms with E-state index in [1.165, 1.54) is 17.1 Å². The molecule has 2 rings (SSSR count). The smallest absolute Gasteiger partial charge is 0.266 e. The molecule has 0 aliphatic rings. The lowest BCUT2D eigenvalue weighted by Crippen LogP contribution is -2.33. The summed E-state index contributed by atoms with van der Waals surface area (Å²) >= 11 is 0. The summed E-state index contributed by atoms with van der Waals surface area (Å²) in [6, 6.07) is 9.56. The summed E-state index contributed by atoms with van der Waals surface area (Å²) in [5.74, 6) is -0.387. The van der Waals surface area contributed by atoms with Gasteiger partial charge in [-0.15, -0.1) is 0 Å². The van der Waals surface area contributed by atoms with Crippen LogP contribution in [0.5, 0.6) is 0 Å². The number of benzene rings is 1. The summed E-state index contributed by atoms with van der Waals surface area (Å²) in [5.41, 5.74) is 0.726. The molecule has 0 saturated heterocycles. The number of rotatable bonds is 4. The predicted octanol–water partition coefficient (Wildman–Crippen LogP) is 1.04. The van der Waals surface area contributed by atoms with Crippen LogP contribution in [0.1, 0.15) is 22.8 Å². The van der Waals surface area contributed by atoms with Gasteiger partial charge < -0.3 is 5.32 Å². The first-order chi connectivity index (χ1) is 9.22. The van der Waals surface area contributed by atoms with Crippen LogP contribution in [0.15, 0.2) is 47.7 Å². The summed E-state index contributed by atoms with van der Waals surface area (Å²) < 4.78 is 1.43. The van der Waals surface area contributed by atoms with E-state index in [2.05, 4.69) is 10.3 Å². The Morgan fingerprint density at radius 1 is 1.32 bits per heavy atom. The Morgan fingerprint density at radius 3 is 2.74 bits per heavy atom. The van der Waals surface area contributed by atoms with Gasteiger partial charge in [-0.2, -0.15) is 0 Å². The number of hydrogen-bond donors (Lipinski definition) is 1. The van der Waals surface area contributed by atoms with Gasteiger partial charge in [-0.1, -0.05) is 30.3 Å². The molecule has 0 saturated carbocycles. The van der Waals surface area contributed by atoms with Gasteiger partial charge in [0.05, 0.1) is 12.9 Å². The normalized spacial score (nSPS) is 10.2. The van der Waals surface area contributed by atoms with E-state index in [4.69, 9.17) is 0 Å². The highest BCUT2D eigenvalue weighted by atomic mass is 16.2. The minimum Gasteiger partial charge on any atom is -0.352 e. The molecule has 98 valence electrons. The van der Waals surface area contributed by atoms with E-state index in [-0.39, 0.29) is 17.0 Å². The van der Waals surface area contributed by atoms with Crippen LogP contribution in [0.2, 0.25) is 0 Å². The third kappa shape index (κ3) is 3.07. The molecular formula is C14H15N3O2. The SMILES string of the molecule is CCNC(=O)c1cncn(Cc2ccccc2)c1=O. The lowest BCUT2D eigenvalue weighted by atomic mass is 10.2. The highest BCUT2D eigenvalue weighted by Gasteiger charge is 2.11. The molecule has 1 heterocycles. The second-order valence-electron chi connectivity index (χ2n) is 4.09. The number of hydrogen-bond acceptors (Lipinski definition) is 3. The molecule has 5 nitrogen and oxygen atoms in total. The summed E-state index contributed by atoms with van der Waals surface area (Å²) in [6.45, 7) is 2.68. The molecule has 19 heavy (non-hydrogen) atoms. The van der Waals surface area contributed by atoms with Crippen LogP contribution in [0.3, 0.4) is 0 Å². The van der Waals surface area contributed by atoms with Crippen molar-refractivity contribution in [1.82, 2.24) is 14.9 Å².